The maximum atomic E-state index is 12.5. The molecule has 2 fully saturated rings. The number of aromatic nitrogens is 4. The number of carbonyl (C=O) groups is 1. The molecule has 134 valence electrons. The van der Waals surface area contributed by atoms with Crippen molar-refractivity contribution in [1.29, 1.82) is 0 Å². The van der Waals surface area contributed by atoms with Gasteiger partial charge in [0.25, 0.3) is 0 Å². The topological polar surface area (TPSA) is 107 Å². The third-order valence-electron chi connectivity index (χ3n) is 4.98. The van der Waals surface area contributed by atoms with Crippen molar-refractivity contribution in [2.45, 2.75) is 68.9 Å². The highest BCUT2D eigenvalue weighted by atomic mass is 32.2. The van der Waals surface area contributed by atoms with E-state index in [0.29, 0.717) is 18.3 Å². The Labute approximate surface area is 142 Å². The van der Waals surface area contributed by atoms with Gasteiger partial charge in [-0.1, -0.05) is 19.3 Å². The summed E-state index contributed by atoms with van der Waals surface area (Å²) >= 11 is 0. The van der Waals surface area contributed by atoms with Crippen molar-refractivity contribution >= 4 is 15.7 Å². The molecule has 1 atom stereocenters. The van der Waals surface area contributed by atoms with Crippen molar-refractivity contribution in [1.82, 2.24) is 25.5 Å². The van der Waals surface area contributed by atoms with Crippen LogP contribution in [0.25, 0.3) is 0 Å². The lowest BCUT2D eigenvalue weighted by atomic mass is 9.89. The van der Waals surface area contributed by atoms with Crippen LogP contribution in [0.15, 0.2) is 0 Å². The number of hydrogen-bond donors (Lipinski definition) is 1. The van der Waals surface area contributed by atoms with Gasteiger partial charge in [0.15, 0.2) is 15.7 Å². The van der Waals surface area contributed by atoms with Gasteiger partial charge in [-0.25, -0.2) is 13.1 Å². The lowest BCUT2D eigenvalue weighted by molar-refractivity contribution is -0.120. The molecule has 24 heavy (non-hydrogen) atoms. The summed E-state index contributed by atoms with van der Waals surface area (Å²) in [6.45, 7) is 2.01. The van der Waals surface area contributed by atoms with Crippen LogP contribution in [0.2, 0.25) is 0 Å². The molecular formula is C15H25N5O3S. The molecule has 1 N–H and O–H groups in total. The summed E-state index contributed by atoms with van der Waals surface area (Å²) in [5, 5.41) is 13.0. The molecule has 1 heterocycles. The molecular weight excluding hydrogens is 330 g/mol. The number of nitrogens with one attached hydrogen (secondary N) is 1. The average Bonchev–Trinajstić information content (AvgIpc) is 3.32. The van der Waals surface area contributed by atoms with Gasteiger partial charge in [-0.15, -0.1) is 5.10 Å². The van der Waals surface area contributed by atoms with E-state index in [-0.39, 0.29) is 11.8 Å². The van der Waals surface area contributed by atoms with Gasteiger partial charge in [-0.2, -0.15) is 0 Å². The van der Waals surface area contributed by atoms with E-state index in [2.05, 4.69) is 20.8 Å². The fourth-order valence-electron chi connectivity index (χ4n) is 3.16. The first-order chi connectivity index (χ1) is 11.5. The van der Waals surface area contributed by atoms with E-state index in [1.165, 1.54) is 26.2 Å². The first kappa shape index (κ1) is 17.3. The predicted octanol–water partition coefficient (Wildman–Crippen LogP) is 1.01. The van der Waals surface area contributed by atoms with Crippen LogP contribution in [-0.4, -0.2) is 46.3 Å². The first-order valence-electron chi connectivity index (χ1n) is 8.73. The summed E-state index contributed by atoms with van der Waals surface area (Å²) in [5.41, 5.74) is 0. The highest BCUT2D eigenvalue weighted by Gasteiger charge is 2.33. The minimum Gasteiger partial charge on any atom is -0.355 e. The van der Waals surface area contributed by atoms with Crippen LogP contribution < -0.4 is 5.32 Å². The smallest absolute Gasteiger partial charge is 0.238 e. The summed E-state index contributed by atoms with van der Waals surface area (Å²) in [4.78, 5) is 12.2. The summed E-state index contributed by atoms with van der Waals surface area (Å²) in [6, 6.07) is 0.209. The van der Waals surface area contributed by atoms with Gasteiger partial charge in [0, 0.05) is 6.54 Å². The Hall–Kier alpha value is -1.51. The van der Waals surface area contributed by atoms with E-state index in [0.717, 1.165) is 25.7 Å². The monoisotopic (exact) mass is 355 g/mol. The molecule has 2 aliphatic carbocycles. The third-order valence-corrected chi connectivity index (χ3v) is 6.93. The molecule has 1 unspecified atom stereocenters. The number of amides is 1. The number of tetrazole rings is 1. The second-order valence-electron chi connectivity index (χ2n) is 6.97. The molecule has 0 aromatic carbocycles. The van der Waals surface area contributed by atoms with Gasteiger partial charge in [-0.05, 0) is 49.0 Å². The van der Waals surface area contributed by atoms with E-state index in [1.807, 2.05) is 0 Å². The second-order valence-corrected chi connectivity index (χ2v) is 9.29. The molecule has 3 rings (SSSR count). The lowest BCUT2D eigenvalue weighted by Crippen LogP contribution is -2.41. The zero-order chi connectivity index (χ0) is 17.2. The van der Waals surface area contributed by atoms with Gasteiger partial charge in [0.2, 0.25) is 5.91 Å². The van der Waals surface area contributed by atoms with E-state index < -0.39 is 21.0 Å². The van der Waals surface area contributed by atoms with Crippen molar-refractivity contribution < 1.29 is 13.2 Å². The standard InChI is InChI=1S/C15H25N5O3S/c1-11(15(21)16-9-12-5-3-2-4-6-12)24(22,23)10-14-17-18-19-20(14)13-7-8-13/h11-13H,2-10H2,1H3,(H,16,21). The van der Waals surface area contributed by atoms with E-state index in [9.17, 15) is 13.2 Å². The lowest BCUT2D eigenvalue weighted by Gasteiger charge is -2.22. The van der Waals surface area contributed by atoms with Crippen LogP contribution in [0.3, 0.4) is 0 Å². The van der Waals surface area contributed by atoms with Crippen molar-refractivity contribution in [3.63, 3.8) is 0 Å². The maximum Gasteiger partial charge on any atom is 0.238 e. The maximum absolute atomic E-state index is 12.5. The van der Waals surface area contributed by atoms with Gasteiger partial charge in [-0.3, -0.25) is 4.79 Å². The van der Waals surface area contributed by atoms with Crippen LogP contribution in [-0.2, 0) is 20.4 Å². The van der Waals surface area contributed by atoms with Crippen LogP contribution in [0.5, 0.6) is 0 Å². The molecule has 1 aromatic rings. The van der Waals surface area contributed by atoms with Gasteiger partial charge in [0.1, 0.15) is 11.0 Å². The zero-order valence-corrected chi connectivity index (χ0v) is 14.8. The van der Waals surface area contributed by atoms with Crippen molar-refractivity contribution in [3.8, 4) is 0 Å². The van der Waals surface area contributed by atoms with Crippen LogP contribution in [0, 0.1) is 5.92 Å². The van der Waals surface area contributed by atoms with E-state index in [4.69, 9.17) is 0 Å². The van der Waals surface area contributed by atoms with Gasteiger partial charge < -0.3 is 5.32 Å². The molecule has 2 aliphatic rings. The number of rotatable bonds is 7. The molecule has 1 amide bonds. The van der Waals surface area contributed by atoms with Gasteiger partial charge >= 0.3 is 0 Å². The zero-order valence-electron chi connectivity index (χ0n) is 14.0. The van der Waals surface area contributed by atoms with Crippen LogP contribution in [0.4, 0.5) is 0 Å². The number of nitrogens with zero attached hydrogens (tertiary/aromatic N) is 4. The molecule has 8 nitrogen and oxygen atoms in total. The highest BCUT2D eigenvalue weighted by Crippen LogP contribution is 2.34. The van der Waals surface area contributed by atoms with E-state index >= 15 is 0 Å². The highest BCUT2D eigenvalue weighted by molar-refractivity contribution is 7.92. The fraction of sp³-hybridized carbons (Fsp3) is 0.867. The molecule has 0 spiro atoms. The Bertz CT molecular complexity index is 677. The molecule has 0 bridgehead atoms. The minimum absolute atomic E-state index is 0.209. The summed E-state index contributed by atoms with van der Waals surface area (Å²) in [6.07, 6.45) is 7.79. The number of hydrogen-bond acceptors (Lipinski definition) is 6. The molecule has 1 aromatic heterocycles. The molecule has 0 saturated heterocycles. The Morgan fingerprint density at radius 1 is 1.25 bits per heavy atom. The summed E-state index contributed by atoms with van der Waals surface area (Å²) in [5.74, 6) is 0.0735. The molecule has 9 heteroatoms. The van der Waals surface area contributed by atoms with Gasteiger partial charge in [0.05, 0.1) is 6.04 Å². The van der Waals surface area contributed by atoms with Crippen LogP contribution >= 0.6 is 0 Å². The third kappa shape index (κ3) is 4.12. The van der Waals surface area contributed by atoms with E-state index in [1.54, 1.807) is 4.68 Å². The quantitative estimate of drug-likeness (QED) is 0.782. The fourth-order valence-corrected chi connectivity index (χ4v) is 4.37. The SMILES string of the molecule is CC(C(=O)NCC1CCCCC1)S(=O)(=O)Cc1nnnn1C1CC1. The Morgan fingerprint density at radius 2 is 1.96 bits per heavy atom. The normalized spacial score (nSPS) is 20.7. The molecule has 2 saturated carbocycles. The second kappa shape index (κ2) is 7.16. The number of carbonyl (C=O) groups excluding carboxylic acids is 1. The Balaban J connectivity index is 1.56. The van der Waals surface area contributed by atoms with Crippen molar-refractivity contribution in [2.75, 3.05) is 6.54 Å². The Morgan fingerprint density at radius 3 is 2.62 bits per heavy atom. The number of sulfone groups is 1. The van der Waals surface area contributed by atoms with Crippen molar-refractivity contribution in [2.24, 2.45) is 5.92 Å². The minimum atomic E-state index is -3.64. The average molecular weight is 355 g/mol. The summed E-state index contributed by atoms with van der Waals surface area (Å²) in [7, 11) is -3.64. The summed E-state index contributed by atoms with van der Waals surface area (Å²) < 4.78 is 26.6. The Kier molecular flexibility index (Phi) is 5.17. The molecule has 0 aliphatic heterocycles. The van der Waals surface area contributed by atoms with Crippen LogP contribution in [0.1, 0.15) is 63.7 Å². The molecule has 0 radical (unpaired) electrons. The predicted molar refractivity (Wildman–Crippen MR) is 87.8 cm³/mol. The largest absolute Gasteiger partial charge is 0.355 e. The first-order valence-corrected chi connectivity index (χ1v) is 10.4. The van der Waals surface area contributed by atoms with Crippen molar-refractivity contribution in [3.05, 3.63) is 5.82 Å².